The summed E-state index contributed by atoms with van der Waals surface area (Å²) in [6, 6.07) is 10.2. The summed E-state index contributed by atoms with van der Waals surface area (Å²) < 4.78 is 5.46. The van der Waals surface area contributed by atoms with Crippen LogP contribution in [0.5, 0.6) is 0 Å². The third-order valence-corrected chi connectivity index (χ3v) is 4.90. The van der Waals surface area contributed by atoms with Crippen molar-refractivity contribution in [3.8, 4) is 0 Å². The molecule has 3 atom stereocenters. The van der Waals surface area contributed by atoms with E-state index < -0.39 is 5.60 Å². The molecule has 1 heterocycles. The van der Waals surface area contributed by atoms with Gasteiger partial charge in [-0.05, 0) is 45.6 Å². The molecule has 25 heavy (non-hydrogen) atoms. The molecular weight excluding hydrogens is 316 g/mol. The summed E-state index contributed by atoms with van der Waals surface area (Å²) in [7, 11) is 0. The number of rotatable bonds is 2. The quantitative estimate of drug-likeness (QED) is 0.827. The van der Waals surface area contributed by atoms with Crippen LogP contribution in [0.25, 0.3) is 0 Å². The number of ether oxygens (including phenoxy) is 1. The molecule has 5 heteroatoms. The van der Waals surface area contributed by atoms with Crippen LogP contribution >= 0.6 is 0 Å². The van der Waals surface area contributed by atoms with Crippen LogP contribution in [-0.2, 0) is 9.53 Å². The van der Waals surface area contributed by atoms with Crippen LogP contribution in [0.4, 0.5) is 4.79 Å². The minimum Gasteiger partial charge on any atom is -0.444 e. The molecule has 0 radical (unpaired) electrons. The molecule has 0 bridgehead atoms. The fourth-order valence-electron chi connectivity index (χ4n) is 3.52. The van der Waals surface area contributed by atoms with E-state index in [0.29, 0.717) is 25.6 Å². The molecule has 0 aromatic heterocycles. The summed E-state index contributed by atoms with van der Waals surface area (Å²) in [5.41, 5.74) is 0.752. The van der Waals surface area contributed by atoms with E-state index in [2.05, 4.69) is 12.1 Å². The van der Waals surface area contributed by atoms with Crippen molar-refractivity contribution in [2.45, 2.75) is 51.7 Å². The minimum absolute atomic E-state index is 0.0264. The zero-order valence-electron chi connectivity index (χ0n) is 15.6. The lowest BCUT2D eigenvalue weighted by Gasteiger charge is -2.40. The molecule has 0 N–H and O–H groups in total. The van der Waals surface area contributed by atoms with Crippen LogP contribution < -0.4 is 0 Å². The average molecular weight is 344 g/mol. The highest BCUT2D eigenvalue weighted by Crippen LogP contribution is 2.48. The Labute approximate surface area is 149 Å². The Hall–Kier alpha value is -2.04. The third kappa shape index (κ3) is 4.14. The molecule has 1 aliphatic carbocycles. The fraction of sp³-hybridized carbons (Fsp3) is 0.600. The van der Waals surface area contributed by atoms with Gasteiger partial charge >= 0.3 is 6.09 Å². The first kappa shape index (κ1) is 17.8. The predicted molar refractivity (Wildman–Crippen MR) is 96.3 cm³/mol. The van der Waals surface area contributed by atoms with Crippen molar-refractivity contribution in [2.75, 3.05) is 19.6 Å². The van der Waals surface area contributed by atoms with Gasteiger partial charge in [0.25, 0.3) is 0 Å². The number of benzene rings is 1. The Morgan fingerprint density at radius 2 is 1.80 bits per heavy atom. The summed E-state index contributed by atoms with van der Waals surface area (Å²) >= 11 is 0. The Morgan fingerprint density at radius 1 is 1.12 bits per heavy atom. The molecule has 5 nitrogen and oxygen atoms in total. The first-order valence-electron chi connectivity index (χ1n) is 9.09. The van der Waals surface area contributed by atoms with E-state index in [1.807, 2.05) is 50.8 Å². The SMILES string of the molecule is C[C@@H]1CN(C(=O)[C@@H]2C[C@H]2c2ccccc2)CCN1C(=O)OC(C)(C)C. The maximum Gasteiger partial charge on any atom is 0.410 e. The molecule has 1 saturated carbocycles. The lowest BCUT2D eigenvalue weighted by Crippen LogP contribution is -2.56. The van der Waals surface area contributed by atoms with Gasteiger partial charge < -0.3 is 14.5 Å². The molecule has 0 unspecified atom stereocenters. The Bertz CT molecular complexity index is 638. The van der Waals surface area contributed by atoms with E-state index in [1.54, 1.807) is 4.90 Å². The molecule has 1 aromatic rings. The van der Waals surface area contributed by atoms with E-state index in [0.717, 1.165) is 6.42 Å². The van der Waals surface area contributed by atoms with Crippen molar-refractivity contribution >= 4 is 12.0 Å². The molecule has 136 valence electrons. The molecule has 2 fully saturated rings. The van der Waals surface area contributed by atoms with Crippen LogP contribution in [0, 0.1) is 5.92 Å². The minimum atomic E-state index is -0.499. The van der Waals surface area contributed by atoms with Gasteiger partial charge in [-0.1, -0.05) is 30.3 Å². The van der Waals surface area contributed by atoms with E-state index in [4.69, 9.17) is 4.74 Å². The Morgan fingerprint density at radius 3 is 2.40 bits per heavy atom. The highest BCUT2D eigenvalue weighted by atomic mass is 16.6. The van der Waals surface area contributed by atoms with Gasteiger partial charge in [0.15, 0.2) is 0 Å². The van der Waals surface area contributed by atoms with Crippen LogP contribution in [0.2, 0.25) is 0 Å². The Balaban J connectivity index is 1.55. The smallest absolute Gasteiger partial charge is 0.410 e. The summed E-state index contributed by atoms with van der Waals surface area (Å²) in [6.45, 7) is 9.27. The second kappa shape index (κ2) is 6.70. The number of nitrogens with zero attached hydrogens (tertiary/aromatic N) is 2. The van der Waals surface area contributed by atoms with Gasteiger partial charge in [-0.25, -0.2) is 4.79 Å². The summed E-state index contributed by atoms with van der Waals surface area (Å²) in [5, 5.41) is 0. The number of hydrogen-bond acceptors (Lipinski definition) is 3. The summed E-state index contributed by atoms with van der Waals surface area (Å²) in [4.78, 5) is 28.7. The van der Waals surface area contributed by atoms with Crippen LogP contribution in [0.1, 0.15) is 45.6 Å². The van der Waals surface area contributed by atoms with Crippen LogP contribution in [-0.4, -0.2) is 53.1 Å². The van der Waals surface area contributed by atoms with Gasteiger partial charge in [0, 0.05) is 31.6 Å². The van der Waals surface area contributed by atoms with E-state index in [9.17, 15) is 9.59 Å². The molecule has 0 spiro atoms. The van der Waals surface area contributed by atoms with Crippen molar-refractivity contribution in [1.82, 2.24) is 9.80 Å². The fourth-order valence-corrected chi connectivity index (χ4v) is 3.52. The van der Waals surface area contributed by atoms with Gasteiger partial charge in [0.1, 0.15) is 5.60 Å². The van der Waals surface area contributed by atoms with Crippen molar-refractivity contribution < 1.29 is 14.3 Å². The van der Waals surface area contributed by atoms with E-state index in [1.165, 1.54) is 5.56 Å². The monoisotopic (exact) mass is 344 g/mol. The van der Waals surface area contributed by atoms with E-state index >= 15 is 0 Å². The second-order valence-electron chi connectivity index (χ2n) is 8.17. The topological polar surface area (TPSA) is 49.9 Å². The second-order valence-corrected chi connectivity index (χ2v) is 8.17. The molecular formula is C20H28N2O3. The van der Waals surface area contributed by atoms with Gasteiger partial charge in [-0.2, -0.15) is 0 Å². The van der Waals surface area contributed by atoms with Gasteiger partial charge in [0.2, 0.25) is 5.91 Å². The number of carbonyl (C=O) groups excluding carboxylic acids is 2. The summed E-state index contributed by atoms with van der Waals surface area (Å²) in [6.07, 6.45) is 0.643. The lowest BCUT2D eigenvalue weighted by molar-refractivity contribution is -0.135. The number of carbonyl (C=O) groups is 2. The zero-order valence-corrected chi connectivity index (χ0v) is 15.6. The molecule has 1 saturated heterocycles. The number of piperazine rings is 1. The normalized spacial score (nSPS) is 26.3. The molecule has 2 aliphatic rings. The summed E-state index contributed by atoms with van der Waals surface area (Å²) in [5.74, 6) is 0.681. The lowest BCUT2D eigenvalue weighted by atomic mass is 10.1. The Kier molecular flexibility index (Phi) is 4.76. The van der Waals surface area contributed by atoms with Gasteiger partial charge in [0.05, 0.1) is 0 Å². The average Bonchev–Trinajstić information content (AvgIpc) is 3.33. The van der Waals surface area contributed by atoms with Crippen LogP contribution in [0.15, 0.2) is 30.3 Å². The predicted octanol–water partition coefficient (Wildman–Crippen LogP) is 3.26. The highest BCUT2D eigenvalue weighted by Gasteiger charge is 2.46. The highest BCUT2D eigenvalue weighted by molar-refractivity contribution is 5.83. The molecule has 1 aliphatic heterocycles. The number of hydrogen-bond donors (Lipinski definition) is 0. The maximum absolute atomic E-state index is 12.8. The third-order valence-electron chi connectivity index (χ3n) is 4.90. The van der Waals surface area contributed by atoms with E-state index in [-0.39, 0.29) is 24.0 Å². The largest absolute Gasteiger partial charge is 0.444 e. The molecule has 2 amide bonds. The molecule has 3 rings (SSSR count). The van der Waals surface area contributed by atoms with Crippen LogP contribution in [0.3, 0.4) is 0 Å². The van der Waals surface area contributed by atoms with Crippen molar-refractivity contribution in [2.24, 2.45) is 5.92 Å². The van der Waals surface area contributed by atoms with Crippen molar-refractivity contribution in [3.05, 3.63) is 35.9 Å². The number of amides is 2. The first-order chi connectivity index (χ1) is 11.8. The maximum atomic E-state index is 12.8. The first-order valence-corrected chi connectivity index (χ1v) is 9.09. The van der Waals surface area contributed by atoms with Crippen molar-refractivity contribution in [3.63, 3.8) is 0 Å². The van der Waals surface area contributed by atoms with Gasteiger partial charge in [-0.15, -0.1) is 0 Å². The molecule has 1 aromatic carbocycles. The zero-order chi connectivity index (χ0) is 18.2. The van der Waals surface area contributed by atoms with Gasteiger partial charge in [-0.3, -0.25) is 4.79 Å². The van der Waals surface area contributed by atoms with Crippen molar-refractivity contribution in [1.29, 1.82) is 0 Å². The standard InChI is InChI=1S/C20H28N2O3/c1-14-13-21(10-11-22(14)19(24)25-20(2,3)4)18(23)17-12-16(17)15-8-6-5-7-9-15/h5-9,14,16-17H,10-13H2,1-4H3/t14-,16+,17-/m1/s1.